The molecule has 0 spiro atoms. The Bertz CT molecular complexity index is 600. The molecule has 0 atom stereocenters. The summed E-state index contributed by atoms with van der Waals surface area (Å²) >= 11 is 1.50. The fraction of sp³-hybridized carbons (Fsp3) is 0. The maximum atomic E-state index is 4.27. The average Bonchev–Trinajstić information content (AvgIpc) is 2.94. The highest BCUT2D eigenvalue weighted by molar-refractivity contribution is 7.07. The molecule has 0 amide bonds. The lowest BCUT2D eigenvalue weighted by molar-refractivity contribution is 1.40. The van der Waals surface area contributed by atoms with E-state index in [1.807, 2.05) is 17.5 Å². The molecule has 3 rings (SSSR count). The predicted molar refractivity (Wildman–Crippen MR) is 71.8 cm³/mol. The van der Waals surface area contributed by atoms with Gasteiger partial charge in [-0.15, -0.1) is 11.3 Å². The zero-order chi connectivity index (χ0) is 11.5. The molecule has 2 heteroatoms. The van der Waals surface area contributed by atoms with Crippen molar-refractivity contribution >= 4 is 11.3 Å². The van der Waals surface area contributed by atoms with Crippen LogP contribution in [-0.2, 0) is 0 Å². The van der Waals surface area contributed by atoms with Crippen molar-refractivity contribution in [2.45, 2.75) is 0 Å². The highest BCUT2D eigenvalue weighted by Crippen LogP contribution is 2.31. The van der Waals surface area contributed by atoms with Crippen LogP contribution in [0.2, 0.25) is 0 Å². The van der Waals surface area contributed by atoms with Crippen molar-refractivity contribution in [1.82, 2.24) is 4.98 Å². The van der Waals surface area contributed by atoms with E-state index in [9.17, 15) is 0 Å². The maximum Gasteiger partial charge on any atom is 0.152 e. The molecule has 0 aliphatic rings. The minimum atomic E-state index is 0.995. The summed E-state index contributed by atoms with van der Waals surface area (Å²) < 4.78 is 0. The summed E-state index contributed by atoms with van der Waals surface area (Å²) in [6, 6.07) is 18.7. The van der Waals surface area contributed by atoms with Gasteiger partial charge < -0.3 is 0 Å². The summed E-state index contributed by atoms with van der Waals surface area (Å²) in [5, 5.41) is 2.03. The third-order valence-electron chi connectivity index (χ3n) is 2.68. The average molecular weight is 236 g/mol. The molecule has 0 saturated heterocycles. The largest absolute Gasteiger partial charge is 0.233 e. The predicted octanol–water partition coefficient (Wildman–Crippen LogP) is 4.28. The van der Waals surface area contributed by atoms with Crippen LogP contribution in [0.3, 0.4) is 0 Å². The number of thiazole rings is 1. The summed E-state index contributed by atoms with van der Waals surface area (Å²) in [5.41, 5.74) is 7.49. The molecule has 1 aromatic heterocycles. The van der Waals surface area contributed by atoms with Crippen LogP contribution in [0.1, 0.15) is 0 Å². The quantitative estimate of drug-likeness (QED) is 0.647. The van der Waals surface area contributed by atoms with E-state index in [0.29, 0.717) is 0 Å². The van der Waals surface area contributed by atoms with Gasteiger partial charge in [-0.25, -0.2) is 4.98 Å². The van der Waals surface area contributed by atoms with Gasteiger partial charge in [-0.1, -0.05) is 54.6 Å². The van der Waals surface area contributed by atoms with Gasteiger partial charge in [0.2, 0.25) is 0 Å². The first kappa shape index (κ1) is 10.2. The Balaban J connectivity index is 2.18. The van der Waals surface area contributed by atoms with Crippen LogP contribution in [0.5, 0.6) is 0 Å². The molecule has 0 bridgehead atoms. The standard InChI is InChI=1S/C15H10NS/c1-2-6-12(7-3-1)13-8-4-5-9-14(13)15-10-17-11-16-15/h1-10H. The van der Waals surface area contributed by atoms with Gasteiger partial charge in [-0.3, -0.25) is 0 Å². The van der Waals surface area contributed by atoms with Crippen LogP contribution < -0.4 is 0 Å². The van der Waals surface area contributed by atoms with E-state index < -0.39 is 0 Å². The Hall–Kier alpha value is -1.93. The van der Waals surface area contributed by atoms with Crippen molar-refractivity contribution in [3.05, 3.63) is 65.5 Å². The molecule has 81 valence electrons. The van der Waals surface area contributed by atoms with Crippen molar-refractivity contribution in [2.75, 3.05) is 0 Å². The molecule has 0 unspecified atom stereocenters. The number of aromatic nitrogens is 1. The molecule has 0 aliphatic heterocycles. The second kappa shape index (κ2) is 4.52. The summed E-state index contributed by atoms with van der Waals surface area (Å²) in [4.78, 5) is 4.27. The van der Waals surface area contributed by atoms with Gasteiger partial charge >= 0.3 is 0 Å². The lowest BCUT2D eigenvalue weighted by Gasteiger charge is -2.07. The molecule has 1 heterocycles. The SMILES string of the molecule is [c]1nc(-c2ccccc2-c2ccccc2)cs1. The lowest BCUT2D eigenvalue weighted by Crippen LogP contribution is -1.84. The maximum absolute atomic E-state index is 4.27. The van der Waals surface area contributed by atoms with Gasteiger partial charge in [-0.2, -0.15) is 0 Å². The highest BCUT2D eigenvalue weighted by Gasteiger charge is 2.07. The Morgan fingerprint density at radius 3 is 2.24 bits per heavy atom. The van der Waals surface area contributed by atoms with Crippen LogP contribution in [0.4, 0.5) is 0 Å². The summed E-state index contributed by atoms with van der Waals surface area (Å²) in [7, 11) is 0. The fourth-order valence-electron chi connectivity index (χ4n) is 1.88. The summed E-state index contributed by atoms with van der Waals surface area (Å²) in [5.74, 6) is 0. The number of benzene rings is 2. The first-order valence-electron chi connectivity index (χ1n) is 5.41. The van der Waals surface area contributed by atoms with Crippen LogP contribution in [-0.4, -0.2) is 4.98 Å². The van der Waals surface area contributed by atoms with E-state index >= 15 is 0 Å². The topological polar surface area (TPSA) is 12.9 Å². The Morgan fingerprint density at radius 1 is 0.824 bits per heavy atom. The van der Waals surface area contributed by atoms with Gasteiger partial charge in [-0.05, 0) is 11.1 Å². The van der Waals surface area contributed by atoms with Crippen molar-refractivity contribution in [3.8, 4) is 22.4 Å². The first-order valence-corrected chi connectivity index (χ1v) is 6.29. The molecule has 1 radical (unpaired) electrons. The zero-order valence-corrected chi connectivity index (χ0v) is 9.95. The monoisotopic (exact) mass is 236 g/mol. The molecular weight excluding hydrogens is 226 g/mol. The molecule has 17 heavy (non-hydrogen) atoms. The van der Waals surface area contributed by atoms with Crippen molar-refractivity contribution in [2.24, 2.45) is 0 Å². The third kappa shape index (κ3) is 1.99. The molecular formula is C15H10NS. The molecule has 2 aromatic carbocycles. The molecule has 0 saturated carbocycles. The Morgan fingerprint density at radius 2 is 1.53 bits per heavy atom. The first-order chi connectivity index (χ1) is 8.45. The highest BCUT2D eigenvalue weighted by atomic mass is 32.1. The van der Waals surface area contributed by atoms with Crippen molar-refractivity contribution in [1.29, 1.82) is 0 Å². The Labute approximate surface area is 104 Å². The van der Waals surface area contributed by atoms with E-state index in [2.05, 4.69) is 53.0 Å². The van der Waals surface area contributed by atoms with Gasteiger partial charge in [0.05, 0.1) is 5.69 Å². The second-order valence-electron chi connectivity index (χ2n) is 3.74. The number of nitrogens with zero attached hydrogens (tertiary/aromatic N) is 1. The van der Waals surface area contributed by atoms with Crippen LogP contribution in [0.25, 0.3) is 22.4 Å². The van der Waals surface area contributed by atoms with Gasteiger partial charge in [0.15, 0.2) is 5.51 Å². The number of hydrogen-bond acceptors (Lipinski definition) is 2. The smallest absolute Gasteiger partial charge is 0.152 e. The molecule has 3 aromatic rings. The van der Waals surface area contributed by atoms with Crippen molar-refractivity contribution < 1.29 is 0 Å². The minimum Gasteiger partial charge on any atom is -0.233 e. The van der Waals surface area contributed by atoms with Crippen LogP contribution >= 0.6 is 11.3 Å². The van der Waals surface area contributed by atoms with E-state index in [0.717, 1.165) is 11.3 Å². The summed E-state index contributed by atoms with van der Waals surface area (Å²) in [6.45, 7) is 0. The lowest BCUT2D eigenvalue weighted by atomic mass is 9.98. The second-order valence-corrected chi connectivity index (χ2v) is 4.39. The van der Waals surface area contributed by atoms with Crippen molar-refractivity contribution in [3.63, 3.8) is 0 Å². The van der Waals surface area contributed by atoms with E-state index in [1.165, 1.54) is 22.5 Å². The van der Waals surface area contributed by atoms with Crippen LogP contribution in [0.15, 0.2) is 60.0 Å². The van der Waals surface area contributed by atoms with E-state index in [4.69, 9.17) is 0 Å². The molecule has 0 N–H and O–H groups in total. The molecule has 1 nitrogen and oxygen atoms in total. The minimum absolute atomic E-state index is 0.995. The van der Waals surface area contributed by atoms with E-state index in [1.54, 1.807) is 0 Å². The van der Waals surface area contributed by atoms with Gasteiger partial charge in [0.1, 0.15) is 0 Å². The zero-order valence-electron chi connectivity index (χ0n) is 9.13. The number of rotatable bonds is 2. The van der Waals surface area contributed by atoms with Gasteiger partial charge in [0.25, 0.3) is 0 Å². The molecule has 0 fully saturated rings. The van der Waals surface area contributed by atoms with Gasteiger partial charge in [0, 0.05) is 10.9 Å². The third-order valence-corrected chi connectivity index (χ3v) is 3.21. The fourth-order valence-corrected chi connectivity index (χ4v) is 2.38. The Kier molecular flexibility index (Phi) is 2.72. The summed E-state index contributed by atoms with van der Waals surface area (Å²) in [6.07, 6.45) is 0. The van der Waals surface area contributed by atoms with E-state index in [-0.39, 0.29) is 0 Å². The molecule has 0 aliphatic carbocycles. The van der Waals surface area contributed by atoms with Crippen LogP contribution in [0, 0.1) is 5.51 Å². The normalized spacial score (nSPS) is 10.4. The number of hydrogen-bond donors (Lipinski definition) is 0.